The Morgan fingerprint density at radius 2 is 1.79 bits per heavy atom. The lowest BCUT2D eigenvalue weighted by Gasteiger charge is -2.26. The molecule has 0 amide bonds. The standard InChI is InChI=1S/C24H28N2O2/c1-17-20(21-15-23(27-2)24(28-3)16-22(21)25-17)11-14-26-12-9-19(10-13-26)18-7-5-4-6-8-18/h4-9,15-16,25H,10-14H2,1-3H3. The van der Waals surface area contributed by atoms with Crippen molar-refractivity contribution in [2.24, 2.45) is 0 Å². The Morgan fingerprint density at radius 3 is 2.46 bits per heavy atom. The van der Waals surface area contributed by atoms with Gasteiger partial charge in [0.15, 0.2) is 11.5 Å². The predicted molar refractivity (Wildman–Crippen MR) is 115 cm³/mol. The third kappa shape index (κ3) is 3.65. The van der Waals surface area contributed by atoms with Crippen LogP contribution >= 0.6 is 0 Å². The Hall–Kier alpha value is -2.72. The number of aromatic nitrogens is 1. The number of aryl methyl sites for hydroxylation is 1. The molecule has 0 fully saturated rings. The number of fused-ring (bicyclic) bond motifs is 1. The summed E-state index contributed by atoms with van der Waals surface area (Å²) in [6.45, 7) is 5.33. The van der Waals surface area contributed by atoms with Crippen LogP contribution in [-0.2, 0) is 6.42 Å². The van der Waals surface area contributed by atoms with E-state index in [1.54, 1.807) is 14.2 Å². The quantitative estimate of drug-likeness (QED) is 0.670. The molecule has 1 aromatic heterocycles. The van der Waals surface area contributed by atoms with Crippen LogP contribution in [0.4, 0.5) is 0 Å². The van der Waals surface area contributed by atoms with Crippen molar-refractivity contribution in [3.63, 3.8) is 0 Å². The van der Waals surface area contributed by atoms with Crippen molar-refractivity contribution >= 4 is 16.5 Å². The lowest BCUT2D eigenvalue weighted by molar-refractivity contribution is 0.306. The zero-order chi connectivity index (χ0) is 19.5. The van der Waals surface area contributed by atoms with Crippen LogP contribution in [0.2, 0.25) is 0 Å². The molecule has 0 radical (unpaired) electrons. The molecule has 1 aliphatic rings. The molecular weight excluding hydrogens is 348 g/mol. The maximum Gasteiger partial charge on any atom is 0.162 e. The van der Waals surface area contributed by atoms with Gasteiger partial charge >= 0.3 is 0 Å². The molecule has 4 nitrogen and oxygen atoms in total. The van der Waals surface area contributed by atoms with Gasteiger partial charge in [-0.3, -0.25) is 4.90 Å². The summed E-state index contributed by atoms with van der Waals surface area (Å²) in [5, 5.41) is 1.23. The maximum absolute atomic E-state index is 5.50. The van der Waals surface area contributed by atoms with Gasteiger partial charge in [0, 0.05) is 42.3 Å². The van der Waals surface area contributed by atoms with Crippen LogP contribution in [0.15, 0.2) is 48.5 Å². The van der Waals surface area contributed by atoms with E-state index in [2.05, 4.69) is 59.3 Å². The molecule has 0 saturated heterocycles. The SMILES string of the molecule is COc1cc2[nH]c(C)c(CCN3CC=C(c4ccccc4)CC3)c2cc1OC. The van der Waals surface area contributed by atoms with Crippen molar-refractivity contribution < 1.29 is 9.47 Å². The molecule has 2 heterocycles. The Kier molecular flexibility index (Phi) is 5.40. The Labute approximate surface area is 166 Å². The highest BCUT2D eigenvalue weighted by Gasteiger charge is 2.16. The molecule has 146 valence electrons. The van der Waals surface area contributed by atoms with Gasteiger partial charge < -0.3 is 14.5 Å². The molecule has 0 aliphatic carbocycles. The molecule has 1 N–H and O–H groups in total. The summed E-state index contributed by atoms with van der Waals surface area (Å²) in [6.07, 6.45) is 4.52. The number of rotatable bonds is 6. The topological polar surface area (TPSA) is 37.5 Å². The highest BCUT2D eigenvalue weighted by molar-refractivity contribution is 5.88. The van der Waals surface area contributed by atoms with E-state index in [0.717, 1.165) is 49.5 Å². The van der Waals surface area contributed by atoms with E-state index in [1.165, 1.54) is 27.8 Å². The molecule has 0 unspecified atom stereocenters. The second-order valence-corrected chi connectivity index (χ2v) is 7.38. The van der Waals surface area contributed by atoms with E-state index in [-0.39, 0.29) is 0 Å². The van der Waals surface area contributed by atoms with Crippen molar-refractivity contribution in [1.29, 1.82) is 0 Å². The van der Waals surface area contributed by atoms with E-state index >= 15 is 0 Å². The molecular formula is C24H28N2O2. The van der Waals surface area contributed by atoms with E-state index in [4.69, 9.17) is 9.47 Å². The average molecular weight is 377 g/mol. The fraction of sp³-hybridized carbons (Fsp3) is 0.333. The first kappa shape index (κ1) is 18.6. The van der Waals surface area contributed by atoms with Crippen molar-refractivity contribution in [3.05, 3.63) is 65.4 Å². The van der Waals surface area contributed by atoms with Gasteiger partial charge in [0.05, 0.1) is 14.2 Å². The monoisotopic (exact) mass is 376 g/mol. The summed E-state index contributed by atoms with van der Waals surface area (Å²) in [7, 11) is 3.36. The summed E-state index contributed by atoms with van der Waals surface area (Å²) < 4.78 is 10.9. The minimum absolute atomic E-state index is 0.761. The predicted octanol–water partition coefficient (Wildman–Crippen LogP) is 4.83. The minimum Gasteiger partial charge on any atom is -0.493 e. The van der Waals surface area contributed by atoms with E-state index in [1.807, 2.05) is 6.07 Å². The van der Waals surface area contributed by atoms with Gasteiger partial charge in [0.2, 0.25) is 0 Å². The van der Waals surface area contributed by atoms with Gasteiger partial charge in [0.1, 0.15) is 0 Å². The van der Waals surface area contributed by atoms with Crippen molar-refractivity contribution in [2.75, 3.05) is 33.9 Å². The molecule has 28 heavy (non-hydrogen) atoms. The Balaban J connectivity index is 1.47. The molecule has 3 aromatic rings. The van der Waals surface area contributed by atoms with Crippen LogP contribution in [0.3, 0.4) is 0 Å². The second-order valence-electron chi connectivity index (χ2n) is 7.38. The number of methoxy groups -OCH3 is 2. The van der Waals surface area contributed by atoms with Crippen molar-refractivity contribution in [1.82, 2.24) is 9.88 Å². The van der Waals surface area contributed by atoms with Gasteiger partial charge in [-0.25, -0.2) is 0 Å². The molecule has 0 atom stereocenters. The van der Waals surface area contributed by atoms with Gasteiger partial charge in [-0.15, -0.1) is 0 Å². The summed E-state index contributed by atoms with van der Waals surface area (Å²) in [4.78, 5) is 6.04. The van der Waals surface area contributed by atoms with Crippen LogP contribution < -0.4 is 9.47 Å². The number of nitrogens with one attached hydrogen (secondary N) is 1. The fourth-order valence-electron chi connectivity index (χ4n) is 4.13. The normalized spacial score (nSPS) is 14.9. The first-order valence-corrected chi connectivity index (χ1v) is 9.89. The Morgan fingerprint density at radius 1 is 1.04 bits per heavy atom. The van der Waals surface area contributed by atoms with Crippen molar-refractivity contribution in [2.45, 2.75) is 19.8 Å². The van der Waals surface area contributed by atoms with E-state index < -0.39 is 0 Å². The fourth-order valence-corrected chi connectivity index (χ4v) is 4.13. The summed E-state index contributed by atoms with van der Waals surface area (Å²) >= 11 is 0. The lowest BCUT2D eigenvalue weighted by Crippen LogP contribution is -2.30. The Bertz CT molecular complexity index is 989. The molecule has 2 aromatic carbocycles. The third-order valence-electron chi connectivity index (χ3n) is 5.74. The van der Waals surface area contributed by atoms with Crippen LogP contribution in [0.25, 0.3) is 16.5 Å². The second kappa shape index (κ2) is 8.11. The minimum atomic E-state index is 0.761. The number of aromatic amines is 1. The maximum atomic E-state index is 5.50. The van der Waals surface area contributed by atoms with Crippen LogP contribution in [-0.4, -0.2) is 43.7 Å². The van der Waals surface area contributed by atoms with Crippen LogP contribution in [0.1, 0.15) is 23.2 Å². The molecule has 0 bridgehead atoms. The highest BCUT2D eigenvalue weighted by atomic mass is 16.5. The van der Waals surface area contributed by atoms with Gasteiger partial charge in [-0.2, -0.15) is 0 Å². The van der Waals surface area contributed by atoms with Gasteiger partial charge in [-0.1, -0.05) is 36.4 Å². The molecule has 0 saturated carbocycles. The molecule has 4 heteroatoms. The lowest BCUT2D eigenvalue weighted by atomic mass is 9.99. The highest BCUT2D eigenvalue weighted by Crippen LogP contribution is 2.35. The largest absolute Gasteiger partial charge is 0.493 e. The number of hydrogen-bond donors (Lipinski definition) is 1. The van der Waals surface area contributed by atoms with Gasteiger partial charge in [-0.05, 0) is 42.5 Å². The number of nitrogens with zero attached hydrogens (tertiary/aromatic N) is 1. The van der Waals surface area contributed by atoms with Crippen LogP contribution in [0.5, 0.6) is 11.5 Å². The average Bonchev–Trinajstić information content (AvgIpc) is 3.06. The number of ether oxygens (including phenoxy) is 2. The number of hydrogen-bond acceptors (Lipinski definition) is 3. The number of benzene rings is 2. The van der Waals surface area contributed by atoms with Crippen molar-refractivity contribution in [3.8, 4) is 11.5 Å². The van der Waals surface area contributed by atoms with E-state index in [0.29, 0.717) is 0 Å². The first-order valence-electron chi connectivity index (χ1n) is 9.89. The summed E-state index contributed by atoms with van der Waals surface area (Å²) in [5.41, 5.74) is 6.53. The van der Waals surface area contributed by atoms with Crippen LogP contribution in [0, 0.1) is 6.92 Å². The first-order chi connectivity index (χ1) is 13.7. The third-order valence-corrected chi connectivity index (χ3v) is 5.74. The summed E-state index contributed by atoms with van der Waals surface area (Å²) in [6, 6.07) is 14.8. The van der Waals surface area contributed by atoms with Gasteiger partial charge in [0.25, 0.3) is 0 Å². The number of H-pyrrole nitrogens is 1. The zero-order valence-electron chi connectivity index (χ0n) is 16.9. The zero-order valence-corrected chi connectivity index (χ0v) is 16.9. The smallest absolute Gasteiger partial charge is 0.162 e. The summed E-state index contributed by atoms with van der Waals surface area (Å²) in [5.74, 6) is 1.54. The van der Waals surface area contributed by atoms with E-state index in [9.17, 15) is 0 Å². The molecule has 0 spiro atoms. The molecule has 4 rings (SSSR count). The molecule has 1 aliphatic heterocycles.